The van der Waals surface area contributed by atoms with Crippen molar-refractivity contribution in [2.75, 3.05) is 59.5 Å². The zero-order valence-corrected chi connectivity index (χ0v) is 52.3. The first kappa shape index (κ1) is 82.2. The highest BCUT2D eigenvalue weighted by molar-refractivity contribution is 5.03. The van der Waals surface area contributed by atoms with Gasteiger partial charge >= 0.3 is 0 Å². The number of rotatable bonds is 25. The van der Waals surface area contributed by atoms with Crippen molar-refractivity contribution in [3.8, 4) is 0 Å². The maximum atomic E-state index is 11.9. The molecule has 0 saturated carbocycles. The summed E-state index contributed by atoms with van der Waals surface area (Å²) in [6, 6.07) is 0. The van der Waals surface area contributed by atoms with Gasteiger partial charge in [0.15, 0.2) is 56.6 Å². The van der Waals surface area contributed by atoms with Gasteiger partial charge in [-0.2, -0.15) is 0 Å². The van der Waals surface area contributed by atoms with Crippen LogP contribution in [-0.4, -0.2) is 484 Å². The van der Waals surface area contributed by atoms with E-state index >= 15 is 0 Å². The van der Waals surface area contributed by atoms with Gasteiger partial charge in [-0.15, -0.1) is 0 Å². The smallest absolute Gasteiger partial charge is 0.187 e. The molecule has 9 fully saturated rings. The predicted molar refractivity (Wildman–Crippen MR) is 297 cm³/mol. The molecule has 9 heterocycles. The summed E-state index contributed by atoms with van der Waals surface area (Å²) in [5.74, 6) is 0. The highest BCUT2D eigenvalue weighted by Gasteiger charge is 2.61. The summed E-state index contributed by atoms with van der Waals surface area (Å²) in [6.07, 6.45) is -98.0. The molecule has 1 unspecified atom stereocenters. The number of hydrogen-bond acceptors (Lipinski definition) is 46. The van der Waals surface area contributed by atoms with Crippen LogP contribution in [0.3, 0.4) is 0 Å². The Morgan fingerprint density at radius 1 is 0.150 bits per heavy atom. The molecule has 0 bridgehead atoms. The minimum Gasteiger partial charge on any atom is -0.394 e. The van der Waals surface area contributed by atoms with Crippen LogP contribution in [-0.2, 0) is 80.5 Å². The third kappa shape index (κ3) is 16.7. The van der Waals surface area contributed by atoms with Crippen molar-refractivity contribution < 1.29 is 229 Å². The maximum absolute atomic E-state index is 11.9. The lowest BCUT2D eigenvalue weighted by atomic mass is 9.95. The van der Waals surface area contributed by atoms with Crippen LogP contribution >= 0.6 is 0 Å². The first-order chi connectivity index (χ1) is 47.5. The highest BCUT2D eigenvalue weighted by Crippen LogP contribution is 2.41. The fourth-order valence-electron chi connectivity index (χ4n) is 12.8. The Labute approximate surface area is 563 Å². The number of aliphatic hydroxyl groups excluding tert-OH is 29. The topological polar surface area (TPSA) is 744 Å². The van der Waals surface area contributed by atoms with Crippen molar-refractivity contribution in [3.63, 3.8) is 0 Å². The lowest BCUT2D eigenvalue weighted by Crippen LogP contribution is -2.69. The molecule has 9 aliphatic rings. The Kier molecular flexibility index (Phi) is 29.2. The van der Waals surface area contributed by atoms with Crippen molar-refractivity contribution in [1.29, 1.82) is 0 Å². The molecule has 0 radical (unpaired) electrons. The number of aliphatic hydroxyl groups is 29. The molecule has 0 aromatic rings. The summed E-state index contributed by atoms with van der Waals surface area (Å²) >= 11 is 0. The molecule has 0 aromatic heterocycles. The standard InChI is InChI=1S/C54H92O46/c55-1-10-20(65)29(74)38(46(83)84-10)93-48-40(31(76)22(67)12(3-57)86-48)95-50-42(33(78)24(69)14(5-59)88-50)97-52-44(35(80)26(71)16(7-61)90-52)99-54-45(36(81)27(72)18(9-63)92-54)100-53-43(34(79)25(70)17(8-62)91-53)98-51-41(32(77)23(68)15(6-60)89-51)96-49-39(30(75)21(66)13(4-58)87-49)94-47-37(82)28(73)19(64)11(2-56)85-47/h10-83H,1-9H2/t10-,11-,12-,13-,14-,15-,16-,17-,18-,19-,20-,21-,22-,23-,24-,25-,26-,27-,28+,29+,30+,31+,32+,33+,34+,35+,36+,37-,38-,39-,40-,41-,42-,43-,44-,45-,46?,47-,48-,49-,50-,51-,52-,53-,54-/m1/s1. The predicted octanol–water partition coefficient (Wildman–Crippen LogP) is -20.6. The molecule has 46 nitrogen and oxygen atoms in total. The van der Waals surface area contributed by atoms with Crippen molar-refractivity contribution in [3.05, 3.63) is 0 Å². The summed E-state index contributed by atoms with van der Waals surface area (Å²) in [4.78, 5) is 0. The molecule has 0 spiro atoms. The van der Waals surface area contributed by atoms with E-state index in [1.165, 1.54) is 0 Å². The minimum atomic E-state index is -2.47. The second-order valence-electron chi connectivity index (χ2n) is 25.2. The average molecular weight is 1480 g/mol. The molecule has 9 rings (SSSR count). The van der Waals surface area contributed by atoms with Crippen LogP contribution in [0, 0.1) is 0 Å². The van der Waals surface area contributed by atoms with E-state index < -0.39 is 336 Å². The summed E-state index contributed by atoms with van der Waals surface area (Å²) in [5, 5.41) is 316. The second-order valence-corrected chi connectivity index (χ2v) is 25.2. The first-order valence-corrected chi connectivity index (χ1v) is 31.7. The van der Waals surface area contributed by atoms with Gasteiger partial charge in [-0.25, -0.2) is 0 Å². The van der Waals surface area contributed by atoms with Gasteiger partial charge in [0.2, 0.25) is 0 Å². The largest absolute Gasteiger partial charge is 0.394 e. The lowest BCUT2D eigenvalue weighted by Gasteiger charge is -2.51. The van der Waals surface area contributed by atoms with Crippen LogP contribution < -0.4 is 0 Å². The van der Waals surface area contributed by atoms with Crippen LogP contribution in [0.2, 0.25) is 0 Å². The molecule has 100 heavy (non-hydrogen) atoms. The Morgan fingerprint density at radius 2 is 0.290 bits per heavy atom. The van der Waals surface area contributed by atoms with E-state index in [0.717, 1.165) is 0 Å². The van der Waals surface area contributed by atoms with Gasteiger partial charge in [-0.3, -0.25) is 0 Å². The van der Waals surface area contributed by atoms with Crippen LogP contribution in [0.25, 0.3) is 0 Å². The van der Waals surface area contributed by atoms with Gasteiger partial charge in [0.1, 0.15) is 220 Å². The first-order valence-electron chi connectivity index (χ1n) is 31.7. The summed E-state index contributed by atoms with van der Waals surface area (Å²) in [6.45, 7) is -9.92. The molecular weight excluding hydrogens is 1380 g/mol. The van der Waals surface area contributed by atoms with Gasteiger partial charge in [0.05, 0.1) is 59.5 Å². The van der Waals surface area contributed by atoms with E-state index in [9.17, 15) is 148 Å². The molecule has 0 amide bonds. The molecule has 46 heteroatoms. The molecule has 0 aliphatic carbocycles. The molecule has 9 saturated heterocycles. The number of hydrogen-bond donors (Lipinski definition) is 29. The third-order valence-corrected chi connectivity index (χ3v) is 18.8. The zero-order chi connectivity index (χ0) is 73.4. The van der Waals surface area contributed by atoms with E-state index in [0.29, 0.717) is 0 Å². The third-order valence-electron chi connectivity index (χ3n) is 18.8. The van der Waals surface area contributed by atoms with Gasteiger partial charge in [-0.1, -0.05) is 0 Å². The quantitative estimate of drug-likeness (QED) is 0.0404. The Morgan fingerprint density at radius 3 is 0.480 bits per heavy atom. The van der Waals surface area contributed by atoms with Gasteiger partial charge in [0, 0.05) is 0 Å². The van der Waals surface area contributed by atoms with Crippen molar-refractivity contribution in [1.82, 2.24) is 0 Å². The molecular formula is C54H92O46. The second kappa shape index (κ2) is 35.5. The fraction of sp³-hybridized carbons (Fsp3) is 1.00. The molecule has 9 aliphatic heterocycles. The lowest BCUT2D eigenvalue weighted by molar-refractivity contribution is -0.424. The summed E-state index contributed by atoms with van der Waals surface area (Å²) < 4.78 is 98.7. The van der Waals surface area contributed by atoms with E-state index in [-0.39, 0.29) is 0 Å². The normalized spacial score (nSPS) is 53.7. The molecule has 45 atom stereocenters. The van der Waals surface area contributed by atoms with Crippen LogP contribution in [0.15, 0.2) is 0 Å². The van der Waals surface area contributed by atoms with Crippen molar-refractivity contribution >= 4 is 0 Å². The van der Waals surface area contributed by atoms with Gasteiger partial charge < -0.3 is 229 Å². The van der Waals surface area contributed by atoms with Crippen LogP contribution in [0.4, 0.5) is 0 Å². The number of ether oxygens (including phenoxy) is 17. The Hall–Kier alpha value is -1.84. The average Bonchev–Trinajstić information content (AvgIpc) is 0.768. The zero-order valence-electron chi connectivity index (χ0n) is 52.3. The van der Waals surface area contributed by atoms with E-state index in [1.54, 1.807) is 0 Å². The van der Waals surface area contributed by atoms with Crippen molar-refractivity contribution in [2.24, 2.45) is 0 Å². The Bertz CT molecular complexity index is 2460. The van der Waals surface area contributed by atoms with Gasteiger partial charge in [0.25, 0.3) is 0 Å². The SMILES string of the molecule is OC[C@H]1O[C@H](O[C@H]2[C@@H](O[C@H]3[C@@H](O[C@H]4[C@@H](O[C@H]5[C@@H](O[C@H]6[C@@H](O[C@H]7[C@@H](O[C@H]8[C@@H](O[C@H]9C(O)O[C@H](CO)[C@@H](O)[C@@H]9O)O[C@H](CO)[C@@H](O)[C@@H]8O)O[C@H](CO)[C@@H](O)[C@@H]7O)O[C@H](CO)[C@@H](O)[C@@H]6O)O[C@H](CO)[C@@H](O)[C@@H]5O)O[C@H](CO)[C@@H](O)[C@@H]4O)O[C@H](CO)[C@@H](O)[C@@H]3O)O[C@H](CO)[C@@H](O)[C@@H]2O)[C@H](O)[C@@H](O)[C@@H]1O. The van der Waals surface area contributed by atoms with E-state index in [4.69, 9.17) is 80.5 Å². The summed E-state index contributed by atoms with van der Waals surface area (Å²) in [7, 11) is 0. The molecule has 29 N–H and O–H groups in total. The van der Waals surface area contributed by atoms with Crippen LogP contribution in [0.5, 0.6) is 0 Å². The Balaban J connectivity index is 1.02. The van der Waals surface area contributed by atoms with Crippen molar-refractivity contribution in [2.45, 2.75) is 276 Å². The molecule has 584 valence electrons. The monoisotopic (exact) mass is 1480 g/mol. The minimum absolute atomic E-state index is 0.927. The maximum Gasteiger partial charge on any atom is 0.187 e. The highest BCUT2D eigenvalue weighted by atomic mass is 16.8. The fourth-order valence-corrected chi connectivity index (χ4v) is 12.8. The van der Waals surface area contributed by atoms with E-state index in [2.05, 4.69) is 0 Å². The van der Waals surface area contributed by atoms with Gasteiger partial charge in [-0.05, 0) is 0 Å². The van der Waals surface area contributed by atoms with Crippen LogP contribution in [0.1, 0.15) is 0 Å². The molecule has 0 aromatic carbocycles. The van der Waals surface area contributed by atoms with E-state index in [1.807, 2.05) is 0 Å². The summed E-state index contributed by atoms with van der Waals surface area (Å²) in [5.41, 5.74) is 0.